The Morgan fingerprint density at radius 3 is 2.06 bits per heavy atom. The molecular weight excluding hydrogens is 498 g/mol. The third-order valence-corrected chi connectivity index (χ3v) is 5.51. The van der Waals surface area contributed by atoms with Crippen LogP contribution in [-0.2, 0) is 25.6 Å². The largest absolute Gasteiger partial charge is 0.490 e. The summed E-state index contributed by atoms with van der Waals surface area (Å²) >= 11 is 1.90. The Morgan fingerprint density at radius 1 is 1.03 bits per heavy atom. The molecule has 2 aliphatic rings. The lowest BCUT2D eigenvalue weighted by atomic mass is 10.0. The molecule has 2 aliphatic heterocycles. The van der Waals surface area contributed by atoms with Crippen LogP contribution in [0.4, 0.5) is 26.3 Å². The van der Waals surface area contributed by atoms with Crippen LogP contribution in [0.15, 0.2) is 12.1 Å². The number of hydrogen-bond donors (Lipinski definition) is 2. The number of hydrogen-bond acceptors (Lipinski definition) is 7. The van der Waals surface area contributed by atoms with Crippen LogP contribution in [0.25, 0.3) is 0 Å². The van der Waals surface area contributed by atoms with Crippen molar-refractivity contribution >= 4 is 23.3 Å². The summed E-state index contributed by atoms with van der Waals surface area (Å²) in [5.41, 5.74) is -0.143. The lowest BCUT2D eigenvalue weighted by Gasteiger charge is -2.42. The van der Waals surface area contributed by atoms with Gasteiger partial charge in [-0.2, -0.15) is 26.3 Å². The molecular formula is C19H26F6N2O6S. The van der Waals surface area contributed by atoms with Gasteiger partial charge in [-0.05, 0) is 26.1 Å². The first kappa shape index (κ1) is 30.1. The van der Waals surface area contributed by atoms with E-state index < -0.39 is 24.3 Å². The lowest BCUT2D eigenvalue weighted by molar-refractivity contribution is -0.193. The van der Waals surface area contributed by atoms with E-state index >= 15 is 0 Å². The number of rotatable bonds is 2. The van der Waals surface area contributed by atoms with E-state index in [0.29, 0.717) is 0 Å². The van der Waals surface area contributed by atoms with Crippen LogP contribution in [-0.4, -0.2) is 103 Å². The third kappa shape index (κ3) is 11.0. The summed E-state index contributed by atoms with van der Waals surface area (Å²) < 4.78 is 75.4. The minimum Gasteiger partial charge on any atom is -0.475 e. The molecule has 0 radical (unpaired) electrons. The van der Waals surface area contributed by atoms with Crippen LogP contribution in [0.5, 0.6) is 0 Å². The van der Waals surface area contributed by atoms with Gasteiger partial charge in [-0.1, -0.05) is 0 Å². The van der Waals surface area contributed by atoms with E-state index in [1.165, 1.54) is 9.75 Å². The predicted octanol–water partition coefficient (Wildman–Crippen LogP) is 2.86. The van der Waals surface area contributed by atoms with Gasteiger partial charge in [0.15, 0.2) is 0 Å². The van der Waals surface area contributed by atoms with E-state index in [1.54, 1.807) is 0 Å². The Hall–Kier alpha value is -1.94. The summed E-state index contributed by atoms with van der Waals surface area (Å²) in [5, 5.41) is 14.2. The average Bonchev–Trinajstić information content (AvgIpc) is 3.00. The molecule has 2 fully saturated rings. The molecule has 0 amide bonds. The molecule has 1 aromatic rings. The number of carbonyl (C=O) groups is 2. The Morgan fingerprint density at radius 2 is 1.59 bits per heavy atom. The molecule has 8 nitrogen and oxygen atoms in total. The third-order valence-electron chi connectivity index (χ3n) is 4.53. The zero-order chi connectivity index (χ0) is 26.2. The van der Waals surface area contributed by atoms with Crippen molar-refractivity contribution in [2.45, 2.75) is 31.4 Å². The molecule has 0 aliphatic carbocycles. The first-order valence-electron chi connectivity index (χ1n) is 9.82. The van der Waals surface area contributed by atoms with Gasteiger partial charge in [-0.25, -0.2) is 9.59 Å². The van der Waals surface area contributed by atoms with Crippen molar-refractivity contribution in [2.24, 2.45) is 0 Å². The van der Waals surface area contributed by atoms with Crippen LogP contribution < -0.4 is 0 Å². The minimum atomic E-state index is -5.08. The molecule has 2 N–H and O–H groups in total. The first-order valence-corrected chi connectivity index (χ1v) is 10.6. The smallest absolute Gasteiger partial charge is 0.475 e. The number of alkyl halides is 6. The van der Waals surface area contributed by atoms with E-state index in [1.807, 2.05) is 11.3 Å². The monoisotopic (exact) mass is 524 g/mol. The number of morpholine rings is 1. The number of nitrogens with zero attached hydrogens (tertiary/aromatic N) is 2. The SMILES string of the molecule is Cc1ccc(CN2CCOC3(COCCN(C)C3)C2)s1.O=C(O)C(F)(F)F.O=C(O)C(F)(F)F. The van der Waals surface area contributed by atoms with Crippen LogP contribution in [0.2, 0.25) is 0 Å². The van der Waals surface area contributed by atoms with Crippen molar-refractivity contribution in [1.29, 1.82) is 0 Å². The van der Waals surface area contributed by atoms with Crippen molar-refractivity contribution in [2.75, 3.05) is 53.0 Å². The number of aryl methyl sites for hydroxylation is 1. The summed E-state index contributed by atoms with van der Waals surface area (Å²) in [4.78, 5) is 25.5. The van der Waals surface area contributed by atoms with Crippen molar-refractivity contribution in [3.05, 3.63) is 21.9 Å². The molecule has 0 bridgehead atoms. The molecule has 1 spiro atoms. The molecule has 196 valence electrons. The topological polar surface area (TPSA) is 99.5 Å². The van der Waals surface area contributed by atoms with Crippen LogP contribution in [0, 0.1) is 6.92 Å². The highest BCUT2D eigenvalue weighted by Gasteiger charge is 2.40. The maximum absolute atomic E-state index is 10.6. The Bertz CT molecular complexity index is 779. The zero-order valence-electron chi connectivity index (χ0n) is 18.4. The van der Waals surface area contributed by atoms with E-state index in [4.69, 9.17) is 29.3 Å². The van der Waals surface area contributed by atoms with Gasteiger partial charge in [0, 0.05) is 42.5 Å². The van der Waals surface area contributed by atoms with Crippen LogP contribution in [0.1, 0.15) is 9.75 Å². The highest BCUT2D eigenvalue weighted by atomic mass is 32.1. The Labute approximate surface area is 195 Å². The molecule has 1 unspecified atom stereocenters. The molecule has 34 heavy (non-hydrogen) atoms. The highest BCUT2D eigenvalue weighted by Crippen LogP contribution is 2.25. The summed E-state index contributed by atoms with van der Waals surface area (Å²) in [6.07, 6.45) is -10.2. The maximum atomic E-state index is 10.6. The summed E-state index contributed by atoms with van der Waals surface area (Å²) in [5.74, 6) is -5.51. The van der Waals surface area contributed by atoms with E-state index in [0.717, 1.165) is 52.5 Å². The second kappa shape index (κ2) is 12.7. The molecule has 2 saturated heterocycles. The van der Waals surface area contributed by atoms with Gasteiger partial charge in [-0.3, -0.25) is 4.90 Å². The van der Waals surface area contributed by atoms with Gasteiger partial charge in [-0.15, -0.1) is 11.3 Å². The molecule has 1 atom stereocenters. The minimum absolute atomic E-state index is 0.143. The first-order chi connectivity index (χ1) is 15.5. The maximum Gasteiger partial charge on any atom is 0.490 e. The lowest BCUT2D eigenvalue weighted by Crippen LogP contribution is -2.58. The second-order valence-electron chi connectivity index (χ2n) is 7.65. The number of halogens is 6. The van der Waals surface area contributed by atoms with Crippen molar-refractivity contribution in [3.63, 3.8) is 0 Å². The number of carboxylic acids is 2. The summed E-state index contributed by atoms with van der Waals surface area (Å²) in [6.45, 7) is 9.49. The fourth-order valence-electron chi connectivity index (χ4n) is 3.13. The standard InChI is InChI=1S/C15H24N2O2S.2C2HF3O2/c1-13-3-4-14(20-13)9-17-6-8-19-15(11-17)10-16(2)5-7-18-12-15;2*3-2(4,5)1(6)7/h3-4H,5-12H2,1-2H3;2*(H,6,7). The summed E-state index contributed by atoms with van der Waals surface area (Å²) in [6, 6.07) is 4.45. The Kier molecular flexibility index (Phi) is 11.2. The number of thiophene rings is 1. The van der Waals surface area contributed by atoms with E-state index in [2.05, 4.69) is 35.9 Å². The van der Waals surface area contributed by atoms with Gasteiger partial charge >= 0.3 is 24.3 Å². The zero-order valence-corrected chi connectivity index (χ0v) is 19.2. The second-order valence-corrected chi connectivity index (χ2v) is 9.02. The van der Waals surface area contributed by atoms with E-state index in [9.17, 15) is 26.3 Å². The van der Waals surface area contributed by atoms with Gasteiger partial charge < -0.3 is 24.6 Å². The van der Waals surface area contributed by atoms with Gasteiger partial charge in [0.25, 0.3) is 0 Å². The van der Waals surface area contributed by atoms with Crippen molar-refractivity contribution < 1.29 is 55.6 Å². The molecule has 3 heterocycles. The van der Waals surface area contributed by atoms with Gasteiger partial charge in [0.05, 0.1) is 19.8 Å². The van der Waals surface area contributed by atoms with Crippen LogP contribution in [0.3, 0.4) is 0 Å². The Balaban J connectivity index is 0.000000343. The summed E-state index contributed by atoms with van der Waals surface area (Å²) in [7, 11) is 2.15. The highest BCUT2D eigenvalue weighted by molar-refractivity contribution is 7.11. The van der Waals surface area contributed by atoms with Gasteiger partial charge in [0.1, 0.15) is 5.60 Å². The molecule has 0 saturated carbocycles. The van der Waals surface area contributed by atoms with E-state index in [-0.39, 0.29) is 5.60 Å². The van der Waals surface area contributed by atoms with Crippen LogP contribution >= 0.6 is 11.3 Å². The quantitative estimate of drug-likeness (QED) is 0.570. The van der Waals surface area contributed by atoms with Crippen molar-refractivity contribution in [1.82, 2.24) is 9.80 Å². The normalized spacial score (nSPS) is 22.1. The number of likely N-dealkylation sites (N-methyl/N-ethyl adjacent to an activating group) is 1. The fourth-order valence-corrected chi connectivity index (χ4v) is 4.06. The number of aliphatic carboxylic acids is 2. The molecule has 3 rings (SSSR count). The number of ether oxygens (including phenoxy) is 2. The fraction of sp³-hybridized carbons (Fsp3) is 0.684. The average molecular weight is 524 g/mol. The predicted molar refractivity (Wildman–Crippen MR) is 109 cm³/mol. The van der Waals surface area contributed by atoms with Gasteiger partial charge in [0.2, 0.25) is 0 Å². The van der Waals surface area contributed by atoms with Crippen molar-refractivity contribution in [3.8, 4) is 0 Å². The molecule has 15 heteroatoms. The number of carboxylic acid groups (broad SMARTS) is 2. The molecule has 1 aromatic heterocycles. The molecule has 0 aromatic carbocycles.